The van der Waals surface area contributed by atoms with E-state index in [1.165, 1.54) is 0 Å². The zero-order valence-corrected chi connectivity index (χ0v) is 14.4. The molecule has 1 aromatic carbocycles. The van der Waals surface area contributed by atoms with Crippen molar-refractivity contribution >= 4 is 11.9 Å². The van der Waals surface area contributed by atoms with Gasteiger partial charge in [0.25, 0.3) is 5.91 Å². The van der Waals surface area contributed by atoms with Gasteiger partial charge in [0, 0.05) is 18.0 Å². The van der Waals surface area contributed by atoms with Crippen LogP contribution in [-0.2, 0) is 4.74 Å². The van der Waals surface area contributed by atoms with Gasteiger partial charge in [-0.15, -0.1) is 0 Å². The summed E-state index contributed by atoms with van der Waals surface area (Å²) in [6.45, 7) is 4.96. The number of nitrogens with zero attached hydrogens (tertiary/aromatic N) is 2. The van der Waals surface area contributed by atoms with Crippen LogP contribution in [0.5, 0.6) is 5.75 Å². The number of aryl methyl sites for hydroxylation is 2. The number of amides is 1. The van der Waals surface area contributed by atoms with Gasteiger partial charge >= 0.3 is 0 Å². The molecule has 7 heteroatoms. The highest BCUT2D eigenvalue weighted by molar-refractivity contribution is 5.97. The van der Waals surface area contributed by atoms with Gasteiger partial charge in [-0.2, -0.15) is 0 Å². The second kappa shape index (κ2) is 7.94. The molecule has 0 radical (unpaired) electrons. The summed E-state index contributed by atoms with van der Waals surface area (Å²) in [5.74, 6) is 0.563. The molecule has 1 saturated heterocycles. The van der Waals surface area contributed by atoms with Crippen LogP contribution in [0.15, 0.2) is 30.3 Å². The molecule has 0 spiro atoms. The summed E-state index contributed by atoms with van der Waals surface area (Å²) in [5.41, 5.74) is 7.45. The van der Waals surface area contributed by atoms with Crippen LogP contribution in [-0.4, -0.2) is 35.2 Å². The lowest BCUT2D eigenvalue weighted by Gasteiger charge is -2.15. The number of benzene rings is 1. The third-order valence-electron chi connectivity index (χ3n) is 3.85. The topological polar surface area (TPSA) is 85.4 Å². The zero-order chi connectivity index (χ0) is 17.6. The Labute approximate surface area is 146 Å². The molecule has 1 aliphatic heterocycles. The molecule has 2 heterocycles. The molecular weight excluding hydrogens is 320 g/mol. The van der Waals surface area contributed by atoms with Gasteiger partial charge in [-0.1, -0.05) is 12.1 Å². The molecule has 0 unspecified atom stereocenters. The first-order valence-corrected chi connectivity index (χ1v) is 8.34. The summed E-state index contributed by atoms with van der Waals surface area (Å²) in [6.07, 6.45) is 2.13. The average molecular weight is 342 g/mol. The van der Waals surface area contributed by atoms with Crippen molar-refractivity contribution in [1.82, 2.24) is 15.4 Å². The van der Waals surface area contributed by atoms with Crippen LogP contribution in [0.3, 0.4) is 0 Å². The fourth-order valence-electron chi connectivity index (χ4n) is 2.70. The van der Waals surface area contributed by atoms with Crippen molar-refractivity contribution in [3.63, 3.8) is 0 Å². The monoisotopic (exact) mass is 342 g/mol. The lowest BCUT2D eigenvalue weighted by Crippen LogP contribution is -2.31. The normalized spacial score (nSPS) is 16.5. The van der Waals surface area contributed by atoms with Crippen LogP contribution in [0.1, 0.15) is 34.6 Å². The predicted molar refractivity (Wildman–Crippen MR) is 93.5 cm³/mol. The highest BCUT2D eigenvalue weighted by atomic mass is 16.5. The van der Waals surface area contributed by atoms with Crippen LogP contribution in [0.25, 0.3) is 0 Å². The van der Waals surface area contributed by atoms with Crippen molar-refractivity contribution in [2.24, 2.45) is 0 Å². The van der Waals surface area contributed by atoms with E-state index in [1.807, 2.05) is 26.0 Å². The fourth-order valence-corrected chi connectivity index (χ4v) is 2.70. The first-order chi connectivity index (χ1) is 12.1. The van der Waals surface area contributed by atoms with Gasteiger partial charge in [-0.05, 0) is 44.9 Å². The minimum Gasteiger partial charge on any atom is -0.490 e. The maximum atomic E-state index is 12.5. The molecule has 3 rings (SSSR count). The maximum absolute atomic E-state index is 12.5. The molecule has 1 amide bonds. The van der Waals surface area contributed by atoms with E-state index in [0.717, 1.165) is 30.8 Å². The molecule has 0 bridgehead atoms. The van der Waals surface area contributed by atoms with Gasteiger partial charge in [0.15, 0.2) is 0 Å². The Morgan fingerprint density at radius 1 is 1.28 bits per heavy atom. The number of hydrogen-bond donors (Lipinski definition) is 2. The van der Waals surface area contributed by atoms with E-state index in [2.05, 4.69) is 20.8 Å². The third-order valence-corrected chi connectivity index (χ3v) is 3.85. The Morgan fingerprint density at radius 2 is 2.04 bits per heavy atom. The first kappa shape index (κ1) is 17.2. The molecule has 2 N–H and O–H groups in total. The molecule has 0 saturated carbocycles. The SMILES string of the molecule is Cc1cc(C)nc(NNC(=O)c2ccccc2OC[C@@H]2CCCO2)n1. The minimum absolute atomic E-state index is 0.0953. The van der Waals surface area contributed by atoms with Crippen molar-refractivity contribution in [2.75, 3.05) is 18.6 Å². The number of nitrogens with one attached hydrogen (secondary N) is 2. The molecule has 1 atom stereocenters. The van der Waals surface area contributed by atoms with Crippen LogP contribution in [0.4, 0.5) is 5.95 Å². The van der Waals surface area contributed by atoms with E-state index < -0.39 is 0 Å². The zero-order valence-electron chi connectivity index (χ0n) is 14.4. The summed E-state index contributed by atoms with van der Waals surface area (Å²) < 4.78 is 11.3. The molecule has 25 heavy (non-hydrogen) atoms. The summed E-state index contributed by atoms with van der Waals surface area (Å²) in [6, 6.07) is 8.98. The number of hydrazine groups is 1. The van der Waals surface area contributed by atoms with Gasteiger partial charge in [-0.3, -0.25) is 15.6 Å². The number of para-hydroxylation sites is 1. The molecule has 132 valence electrons. The van der Waals surface area contributed by atoms with Crippen LogP contribution in [0.2, 0.25) is 0 Å². The van der Waals surface area contributed by atoms with E-state index >= 15 is 0 Å². The Balaban J connectivity index is 1.63. The van der Waals surface area contributed by atoms with E-state index in [1.54, 1.807) is 18.2 Å². The number of carbonyl (C=O) groups excluding carboxylic acids is 1. The number of hydrogen-bond acceptors (Lipinski definition) is 6. The molecule has 1 aliphatic rings. The highest BCUT2D eigenvalue weighted by Gasteiger charge is 2.18. The number of rotatable bonds is 6. The average Bonchev–Trinajstić information content (AvgIpc) is 3.11. The van der Waals surface area contributed by atoms with E-state index in [0.29, 0.717) is 23.9 Å². The standard InChI is InChI=1S/C18H22N4O3/c1-12-10-13(2)20-18(19-12)22-21-17(23)15-7-3-4-8-16(15)25-11-14-6-5-9-24-14/h3-4,7-8,10,14H,5-6,9,11H2,1-2H3,(H,21,23)(H,19,20,22)/t14-/m0/s1. The Hall–Kier alpha value is -2.67. The second-order valence-electron chi connectivity index (χ2n) is 6.00. The minimum atomic E-state index is -0.314. The van der Waals surface area contributed by atoms with Crippen molar-refractivity contribution < 1.29 is 14.3 Å². The van der Waals surface area contributed by atoms with E-state index in [9.17, 15) is 4.79 Å². The van der Waals surface area contributed by atoms with Crippen molar-refractivity contribution in [3.05, 3.63) is 47.3 Å². The number of carbonyl (C=O) groups is 1. The lowest BCUT2D eigenvalue weighted by molar-refractivity contribution is 0.0671. The summed E-state index contributed by atoms with van der Waals surface area (Å²) in [7, 11) is 0. The van der Waals surface area contributed by atoms with Gasteiger partial charge in [0.1, 0.15) is 12.4 Å². The van der Waals surface area contributed by atoms with E-state index in [-0.39, 0.29) is 12.0 Å². The van der Waals surface area contributed by atoms with Crippen molar-refractivity contribution in [1.29, 1.82) is 0 Å². The molecule has 1 aromatic heterocycles. The van der Waals surface area contributed by atoms with Crippen molar-refractivity contribution in [3.8, 4) is 5.75 Å². The smallest absolute Gasteiger partial charge is 0.273 e. The molecule has 1 fully saturated rings. The van der Waals surface area contributed by atoms with Crippen LogP contribution >= 0.6 is 0 Å². The molecule has 0 aliphatic carbocycles. The third kappa shape index (κ3) is 4.67. The molecule has 2 aromatic rings. The van der Waals surface area contributed by atoms with Gasteiger partial charge in [0.05, 0.1) is 11.7 Å². The van der Waals surface area contributed by atoms with Crippen LogP contribution in [0, 0.1) is 13.8 Å². The number of anilines is 1. The highest BCUT2D eigenvalue weighted by Crippen LogP contribution is 2.20. The van der Waals surface area contributed by atoms with Gasteiger partial charge in [-0.25, -0.2) is 9.97 Å². The Morgan fingerprint density at radius 3 is 2.76 bits per heavy atom. The van der Waals surface area contributed by atoms with Crippen LogP contribution < -0.4 is 15.6 Å². The van der Waals surface area contributed by atoms with Gasteiger partial charge < -0.3 is 9.47 Å². The predicted octanol–water partition coefficient (Wildman–Crippen LogP) is 2.41. The maximum Gasteiger partial charge on any atom is 0.273 e. The lowest BCUT2D eigenvalue weighted by atomic mass is 10.2. The Kier molecular flexibility index (Phi) is 5.45. The first-order valence-electron chi connectivity index (χ1n) is 8.34. The Bertz CT molecular complexity index is 725. The van der Waals surface area contributed by atoms with Gasteiger partial charge in [0.2, 0.25) is 5.95 Å². The molecule has 7 nitrogen and oxygen atoms in total. The summed E-state index contributed by atoms with van der Waals surface area (Å²) in [4.78, 5) is 20.9. The number of ether oxygens (including phenoxy) is 2. The molecular formula is C18H22N4O3. The number of aromatic nitrogens is 2. The van der Waals surface area contributed by atoms with E-state index in [4.69, 9.17) is 9.47 Å². The summed E-state index contributed by atoms with van der Waals surface area (Å²) >= 11 is 0. The van der Waals surface area contributed by atoms with Crippen molar-refractivity contribution in [2.45, 2.75) is 32.8 Å². The fraction of sp³-hybridized carbons (Fsp3) is 0.389. The second-order valence-corrected chi connectivity index (χ2v) is 6.00. The summed E-state index contributed by atoms with van der Waals surface area (Å²) in [5, 5.41) is 0. The quantitative estimate of drug-likeness (QED) is 0.784. The largest absolute Gasteiger partial charge is 0.490 e.